The monoisotopic (exact) mass is 501 g/mol. The second-order valence-corrected chi connectivity index (χ2v) is 9.31. The average molecular weight is 502 g/mol. The summed E-state index contributed by atoms with van der Waals surface area (Å²) in [5.74, 6) is 1.07. The average Bonchev–Trinajstić information content (AvgIpc) is 3.30. The van der Waals surface area contributed by atoms with Crippen molar-refractivity contribution in [3.63, 3.8) is 0 Å². The van der Waals surface area contributed by atoms with Crippen LogP contribution in [0.5, 0.6) is 0 Å². The Morgan fingerprint density at radius 2 is 1.67 bits per heavy atom. The number of rotatable bonds is 10. The number of carbonyl (C=O) groups is 1. The van der Waals surface area contributed by atoms with Crippen molar-refractivity contribution in [3.8, 4) is 11.4 Å². The third kappa shape index (κ3) is 5.80. The molecular weight excluding hydrogens is 474 g/mol. The van der Waals surface area contributed by atoms with Gasteiger partial charge in [0.1, 0.15) is 0 Å². The third-order valence-electron chi connectivity index (χ3n) is 5.72. The highest BCUT2D eigenvalue weighted by atomic mass is 32.2. The van der Waals surface area contributed by atoms with Crippen molar-refractivity contribution < 1.29 is 9.72 Å². The van der Waals surface area contributed by atoms with Crippen molar-refractivity contribution in [1.82, 2.24) is 19.7 Å². The number of hydrogen-bond acceptors (Lipinski definition) is 6. The van der Waals surface area contributed by atoms with Gasteiger partial charge in [-0.1, -0.05) is 73.3 Å². The van der Waals surface area contributed by atoms with Crippen LogP contribution in [-0.2, 0) is 12.3 Å². The van der Waals surface area contributed by atoms with Crippen LogP contribution in [0.15, 0.2) is 84.0 Å². The van der Waals surface area contributed by atoms with Gasteiger partial charge in [-0.05, 0) is 35.7 Å². The van der Waals surface area contributed by atoms with Gasteiger partial charge in [0.05, 0.1) is 17.0 Å². The number of aromatic nitrogens is 3. The molecule has 0 atom stereocenters. The molecule has 0 saturated carbocycles. The molecule has 36 heavy (non-hydrogen) atoms. The summed E-state index contributed by atoms with van der Waals surface area (Å²) in [5, 5.41) is 21.0. The van der Waals surface area contributed by atoms with Gasteiger partial charge in [0, 0.05) is 31.0 Å². The number of thioether (sulfide) groups is 1. The zero-order valence-corrected chi connectivity index (χ0v) is 21.0. The Morgan fingerprint density at radius 3 is 2.36 bits per heavy atom. The number of nitro groups is 1. The van der Waals surface area contributed by atoms with Crippen molar-refractivity contribution in [2.75, 3.05) is 13.6 Å². The Labute approximate surface area is 214 Å². The molecule has 3 aromatic carbocycles. The summed E-state index contributed by atoms with van der Waals surface area (Å²) in [6.45, 7) is 3.24. The molecule has 4 aromatic rings. The summed E-state index contributed by atoms with van der Waals surface area (Å²) in [5.41, 5.74) is 3.15. The topological polar surface area (TPSA) is 94.2 Å². The normalized spacial score (nSPS) is 10.8. The van der Waals surface area contributed by atoms with E-state index in [1.54, 1.807) is 23.1 Å². The first-order chi connectivity index (χ1) is 17.5. The predicted octanol–water partition coefficient (Wildman–Crippen LogP) is 5.68. The van der Waals surface area contributed by atoms with Gasteiger partial charge in [-0.25, -0.2) is 0 Å². The fraction of sp³-hybridized carbons (Fsp3) is 0.222. The van der Waals surface area contributed by atoms with Gasteiger partial charge in [-0.15, -0.1) is 10.2 Å². The van der Waals surface area contributed by atoms with Gasteiger partial charge in [0.2, 0.25) is 0 Å². The fourth-order valence-electron chi connectivity index (χ4n) is 3.87. The molecule has 0 fully saturated rings. The molecule has 0 spiro atoms. The van der Waals surface area contributed by atoms with Crippen molar-refractivity contribution in [3.05, 3.63) is 106 Å². The highest BCUT2D eigenvalue weighted by Crippen LogP contribution is 2.32. The minimum Gasteiger partial charge on any atom is -0.342 e. The molecule has 9 heteroatoms. The van der Waals surface area contributed by atoms with Crippen LogP contribution in [0.2, 0.25) is 0 Å². The summed E-state index contributed by atoms with van der Waals surface area (Å²) in [6, 6.07) is 24.0. The number of para-hydroxylation sites is 1. The molecule has 0 radical (unpaired) electrons. The minimum absolute atomic E-state index is 0.00718. The lowest BCUT2D eigenvalue weighted by atomic mass is 10.1. The van der Waals surface area contributed by atoms with E-state index in [2.05, 4.69) is 10.2 Å². The van der Waals surface area contributed by atoms with Crippen molar-refractivity contribution in [2.24, 2.45) is 0 Å². The second-order valence-electron chi connectivity index (χ2n) is 8.36. The number of amides is 1. The quantitative estimate of drug-likeness (QED) is 0.158. The lowest BCUT2D eigenvalue weighted by Crippen LogP contribution is -2.27. The van der Waals surface area contributed by atoms with Crippen LogP contribution in [0.3, 0.4) is 0 Å². The van der Waals surface area contributed by atoms with Crippen LogP contribution in [-0.4, -0.2) is 44.1 Å². The molecule has 0 aliphatic carbocycles. The van der Waals surface area contributed by atoms with E-state index >= 15 is 0 Å². The molecule has 184 valence electrons. The first-order valence-corrected chi connectivity index (χ1v) is 12.6. The molecule has 4 rings (SSSR count). The Hall–Kier alpha value is -3.98. The predicted molar refractivity (Wildman–Crippen MR) is 141 cm³/mol. The van der Waals surface area contributed by atoms with Crippen LogP contribution in [0.1, 0.15) is 34.8 Å². The minimum atomic E-state index is -0.398. The van der Waals surface area contributed by atoms with Gasteiger partial charge < -0.3 is 4.90 Å². The molecule has 0 unspecified atom stereocenters. The van der Waals surface area contributed by atoms with Crippen LogP contribution >= 0.6 is 11.8 Å². The Balaban J connectivity index is 1.59. The number of nitrogens with zero attached hydrogens (tertiary/aromatic N) is 5. The highest BCUT2D eigenvalue weighted by molar-refractivity contribution is 7.98. The van der Waals surface area contributed by atoms with Gasteiger partial charge in [0.15, 0.2) is 11.0 Å². The van der Waals surface area contributed by atoms with Crippen molar-refractivity contribution in [2.45, 2.75) is 30.8 Å². The molecule has 1 amide bonds. The molecule has 8 nitrogen and oxygen atoms in total. The van der Waals surface area contributed by atoms with Crippen molar-refractivity contribution in [1.29, 1.82) is 0 Å². The first-order valence-electron chi connectivity index (χ1n) is 11.7. The number of hydrogen-bond donors (Lipinski definition) is 0. The number of nitro benzene ring substituents is 1. The summed E-state index contributed by atoms with van der Waals surface area (Å²) >= 11 is 1.50. The maximum absolute atomic E-state index is 12.5. The molecule has 1 heterocycles. The molecule has 1 aromatic heterocycles. The van der Waals surface area contributed by atoms with Crippen molar-refractivity contribution >= 4 is 23.4 Å². The van der Waals surface area contributed by atoms with E-state index < -0.39 is 4.92 Å². The summed E-state index contributed by atoms with van der Waals surface area (Å²) in [6.07, 6.45) is 0.911. The highest BCUT2D eigenvalue weighted by Gasteiger charge is 2.22. The maximum Gasteiger partial charge on any atom is 0.280 e. The molecule has 0 bridgehead atoms. The maximum atomic E-state index is 12.5. The Kier molecular flexibility index (Phi) is 8.12. The van der Waals surface area contributed by atoms with Crippen LogP contribution in [0, 0.1) is 10.1 Å². The fourth-order valence-corrected chi connectivity index (χ4v) is 4.77. The lowest BCUT2D eigenvalue weighted by molar-refractivity contribution is -0.384. The van der Waals surface area contributed by atoms with E-state index in [1.807, 2.05) is 73.1 Å². The molecular formula is C27H27N5O3S. The van der Waals surface area contributed by atoms with Gasteiger partial charge in [0.25, 0.3) is 11.6 Å². The summed E-state index contributed by atoms with van der Waals surface area (Å²) in [7, 11) is 1.81. The summed E-state index contributed by atoms with van der Waals surface area (Å²) < 4.78 is 1.92. The largest absolute Gasteiger partial charge is 0.342 e. The molecule has 0 N–H and O–H groups in total. The van der Waals surface area contributed by atoms with E-state index in [-0.39, 0.29) is 11.6 Å². The van der Waals surface area contributed by atoms with Crippen LogP contribution in [0.25, 0.3) is 11.4 Å². The second kappa shape index (κ2) is 11.6. The van der Waals surface area contributed by atoms with E-state index in [9.17, 15) is 14.9 Å². The third-order valence-corrected chi connectivity index (χ3v) is 6.75. The van der Waals surface area contributed by atoms with E-state index in [1.165, 1.54) is 17.8 Å². The first kappa shape index (κ1) is 25.1. The molecule has 0 saturated heterocycles. The zero-order chi connectivity index (χ0) is 25.5. The lowest BCUT2D eigenvalue weighted by Gasteiger charge is -2.16. The number of benzene rings is 3. The van der Waals surface area contributed by atoms with Crippen LogP contribution < -0.4 is 0 Å². The van der Waals surface area contributed by atoms with Crippen LogP contribution in [0.4, 0.5) is 5.69 Å². The van der Waals surface area contributed by atoms with Gasteiger partial charge >= 0.3 is 0 Å². The summed E-state index contributed by atoms with van der Waals surface area (Å²) in [4.78, 5) is 25.5. The van der Waals surface area contributed by atoms with E-state index in [0.29, 0.717) is 34.4 Å². The smallest absolute Gasteiger partial charge is 0.280 e. The van der Waals surface area contributed by atoms with E-state index in [4.69, 9.17) is 0 Å². The molecule has 0 aliphatic rings. The Morgan fingerprint density at radius 1 is 0.972 bits per heavy atom. The zero-order valence-electron chi connectivity index (χ0n) is 20.2. The van der Waals surface area contributed by atoms with Gasteiger partial charge in [-0.3, -0.25) is 19.5 Å². The number of carbonyl (C=O) groups excluding carboxylic acids is 1. The SMILES string of the molecule is CCCN(C)C(=O)c1ccc(CSc2nnc(-c3ccccc3[N+](=O)[O-])n2Cc2ccccc2)cc1. The van der Waals surface area contributed by atoms with Gasteiger partial charge in [-0.2, -0.15) is 0 Å². The van der Waals surface area contributed by atoms with E-state index in [0.717, 1.165) is 24.1 Å². The standard InChI is InChI=1S/C27H27N5O3S/c1-3-17-30(2)26(33)22-15-13-21(14-16-22)19-36-27-29-28-25(23-11-7-8-12-24(23)32(34)35)31(27)18-20-9-5-4-6-10-20/h4-16H,3,17-19H2,1-2H3. The Bertz CT molecular complexity index is 1340. The molecule has 0 aliphatic heterocycles.